The average Bonchev–Trinajstić information content (AvgIpc) is 3.45. The van der Waals surface area contributed by atoms with E-state index in [4.69, 9.17) is 0 Å². The van der Waals surface area contributed by atoms with Crippen LogP contribution in [0.25, 0.3) is 0 Å². The molecule has 1 aromatic carbocycles. The van der Waals surface area contributed by atoms with E-state index in [0.29, 0.717) is 19.0 Å². The highest BCUT2D eigenvalue weighted by atomic mass is 32.1. The van der Waals surface area contributed by atoms with Crippen molar-refractivity contribution in [2.24, 2.45) is 11.8 Å². The number of hydrogen-bond donors (Lipinski definition) is 0. The summed E-state index contributed by atoms with van der Waals surface area (Å²) in [6.07, 6.45) is 4.20. The van der Waals surface area contributed by atoms with Crippen molar-refractivity contribution in [3.8, 4) is 0 Å². The second-order valence-corrected chi connectivity index (χ2v) is 9.05. The third-order valence-electron chi connectivity index (χ3n) is 6.06. The number of piperidine rings is 1. The van der Waals surface area contributed by atoms with Crippen molar-refractivity contribution >= 4 is 23.2 Å². The summed E-state index contributed by atoms with van der Waals surface area (Å²) in [6, 6.07) is 14.3. The molecule has 148 valence electrons. The van der Waals surface area contributed by atoms with Crippen LogP contribution in [0, 0.1) is 11.8 Å². The molecule has 2 fully saturated rings. The van der Waals surface area contributed by atoms with Gasteiger partial charge in [0.05, 0.1) is 10.8 Å². The Hall–Kier alpha value is -2.14. The van der Waals surface area contributed by atoms with Crippen molar-refractivity contribution in [3.05, 3.63) is 58.3 Å². The van der Waals surface area contributed by atoms with Gasteiger partial charge in [0.1, 0.15) is 0 Å². The molecule has 1 saturated carbocycles. The number of carbonyl (C=O) groups is 2. The molecule has 0 bridgehead atoms. The Balaban J connectivity index is 1.48. The molecule has 0 radical (unpaired) electrons. The second kappa shape index (κ2) is 8.48. The number of thiophene rings is 1. The Bertz CT molecular complexity index is 801. The van der Waals surface area contributed by atoms with Crippen LogP contribution in [-0.2, 0) is 11.3 Å². The first kappa shape index (κ1) is 19.2. The molecule has 2 unspecified atom stereocenters. The SMILES string of the molecule is CC(C1CC1)N(Cc1ccccc1)C(=O)C1CCCN(C(=O)c2cccs2)C1. The number of nitrogens with zero attached hydrogens (tertiary/aromatic N) is 2. The van der Waals surface area contributed by atoms with Crippen LogP contribution in [0.15, 0.2) is 47.8 Å². The molecule has 2 aromatic rings. The van der Waals surface area contributed by atoms with Crippen LogP contribution >= 0.6 is 11.3 Å². The largest absolute Gasteiger partial charge is 0.337 e. The fourth-order valence-electron chi connectivity index (χ4n) is 4.19. The highest BCUT2D eigenvalue weighted by Gasteiger charge is 2.38. The molecule has 4 rings (SSSR count). The van der Waals surface area contributed by atoms with Crippen molar-refractivity contribution in [1.29, 1.82) is 0 Å². The molecule has 2 heterocycles. The number of likely N-dealkylation sites (tertiary alicyclic amines) is 1. The van der Waals surface area contributed by atoms with E-state index in [-0.39, 0.29) is 23.8 Å². The number of hydrogen-bond acceptors (Lipinski definition) is 3. The number of amides is 2. The van der Waals surface area contributed by atoms with Crippen molar-refractivity contribution in [2.75, 3.05) is 13.1 Å². The van der Waals surface area contributed by atoms with Gasteiger partial charge >= 0.3 is 0 Å². The minimum Gasteiger partial charge on any atom is -0.337 e. The monoisotopic (exact) mass is 396 g/mol. The molecular formula is C23H28N2O2S. The first-order valence-corrected chi connectivity index (χ1v) is 11.2. The van der Waals surface area contributed by atoms with Gasteiger partial charge in [-0.05, 0) is 55.5 Å². The van der Waals surface area contributed by atoms with E-state index in [2.05, 4.69) is 24.0 Å². The van der Waals surface area contributed by atoms with Crippen molar-refractivity contribution in [1.82, 2.24) is 9.80 Å². The highest BCUT2D eigenvalue weighted by Crippen LogP contribution is 2.36. The normalized spacial score (nSPS) is 20.6. The van der Waals surface area contributed by atoms with Crippen LogP contribution in [0.2, 0.25) is 0 Å². The van der Waals surface area contributed by atoms with E-state index in [1.807, 2.05) is 40.6 Å². The third kappa shape index (κ3) is 4.30. The predicted molar refractivity (Wildman–Crippen MR) is 112 cm³/mol. The third-order valence-corrected chi connectivity index (χ3v) is 6.92. The van der Waals surface area contributed by atoms with Gasteiger partial charge in [-0.3, -0.25) is 9.59 Å². The Morgan fingerprint density at radius 1 is 1.14 bits per heavy atom. The molecule has 0 N–H and O–H groups in total. The first-order valence-electron chi connectivity index (χ1n) is 10.3. The maximum atomic E-state index is 13.5. The van der Waals surface area contributed by atoms with Crippen molar-refractivity contribution in [3.63, 3.8) is 0 Å². The lowest BCUT2D eigenvalue weighted by Gasteiger charge is -2.37. The standard InChI is InChI=1S/C23H28N2O2S/c1-17(19-11-12-19)25(15-18-7-3-2-4-8-18)22(26)20-9-5-13-24(16-20)23(27)21-10-6-14-28-21/h2-4,6-8,10,14,17,19-20H,5,9,11-13,15-16H2,1H3. The van der Waals surface area contributed by atoms with Crippen LogP contribution in [0.3, 0.4) is 0 Å². The summed E-state index contributed by atoms with van der Waals surface area (Å²) in [7, 11) is 0. The first-order chi connectivity index (χ1) is 13.6. The number of rotatable bonds is 6. The zero-order valence-corrected chi connectivity index (χ0v) is 17.2. The fourth-order valence-corrected chi connectivity index (χ4v) is 4.88. The van der Waals surface area contributed by atoms with Crippen LogP contribution in [0.4, 0.5) is 0 Å². The highest BCUT2D eigenvalue weighted by molar-refractivity contribution is 7.12. The molecule has 1 aromatic heterocycles. The molecule has 1 aliphatic heterocycles. The molecule has 1 saturated heterocycles. The lowest BCUT2D eigenvalue weighted by molar-refractivity contribution is -0.140. The van der Waals surface area contributed by atoms with Gasteiger partial charge in [0.25, 0.3) is 5.91 Å². The van der Waals surface area contributed by atoms with E-state index >= 15 is 0 Å². The smallest absolute Gasteiger partial charge is 0.263 e. The van der Waals surface area contributed by atoms with Crippen LogP contribution in [-0.4, -0.2) is 40.7 Å². The summed E-state index contributed by atoms with van der Waals surface area (Å²) in [5, 5.41) is 1.93. The summed E-state index contributed by atoms with van der Waals surface area (Å²) in [5.41, 5.74) is 1.17. The fraction of sp³-hybridized carbons (Fsp3) is 0.478. The molecule has 1 aliphatic carbocycles. The van der Waals surface area contributed by atoms with Gasteiger partial charge in [0.15, 0.2) is 0 Å². The van der Waals surface area contributed by atoms with E-state index in [1.165, 1.54) is 29.7 Å². The molecule has 0 spiro atoms. The Morgan fingerprint density at radius 2 is 1.93 bits per heavy atom. The van der Waals surface area contributed by atoms with E-state index in [1.54, 1.807) is 0 Å². The molecule has 4 nitrogen and oxygen atoms in total. The number of benzene rings is 1. The number of carbonyl (C=O) groups excluding carboxylic acids is 2. The summed E-state index contributed by atoms with van der Waals surface area (Å²) in [5.74, 6) is 0.812. The Morgan fingerprint density at radius 3 is 2.61 bits per heavy atom. The minimum absolute atomic E-state index is 0.0670. The zero-order chi connectivity index (χ0) is 19.5. The second-order valence-electron chi connectivity index (χ2n) is 8.10. The van der Waals surface area contributed by atoms with Gasteiger partial charge in [-0.15, -0.1) is 11.3 Å². The Kier molecular flexibility index (Phi) is 5.81. The quantitative estimate of drug-likeness (QED) is 0.725. The van der Waals surface area contributed by atoms with Crippen LogP contribution in [0.5, 0.6) is 0 Å². The van der Waals surface area contributed by atoms with Gasteiger partial charge in [-0.2, -0.15) is 0 Å². The van der Waals surface area contributed by atoms with Gasteiger partial charge < -0.3 is 9.80 Å². The summed E-state index contributed by atoms with van der Waals surface area (Å²) < 4.78 is 0. The summed E-state index contributed by atoms with van der Waals surface area (Å²) in [6.45, 7) is 4.14. The maximum absolute atomic E-state index is 13.5. The molecular weight excluding hydrogens is 368 g/mol. The van der Waals surface area contributed by atoms with Gasteiger partial charge in [-0.1, -0.05) is 36.4 Å². The lowest BCUT2D eigenvalue weighted by atomic mass is 9.95. The maximum Gasteiger partial charge on any atom is 0.263 e. The van der Waals surface area contributed by atoms with E-state index in [9.17, 15) is 9.59 Å². The summed E-state index contributed by atoms with van der Waals surface area (Å²) in [4.78, 5) is 31.0. The van der Waals surface area contributed by atoms with Gasteiger partial charge in [0, 0.05) is 25.7 Å². The lowest BCUT2D eigenvalue weighted by Crippen LogP contribution is -2.49. The van der Waals surface area contributed by atoms with E-state index < -0.39 is 0 Å². The van der Waals surface area contributed by atoms with Gasteiger partial charge in [-0.25, -0.2) is 0 Å². The molecule has 28 heavy (non-hydrogen) atoms. The zero-order valence-electron chi connectivity index (χ0n) is 16.4. The molecule has 2 amide bonds. The average molecular weight is 397 g/mol. The van der Waals surface area contributed by atoms with Crippen molar-refractivity contribution in [2.45, 2.75) is 45.2 Å². The molecule has 2 aliphatic rings. The minimum atomic E-state index is -0.0948. The van der Waals surface area contributed by atoms with Gasteiger partial charge in [0.2, 0.25) is 5.91 Å². The van der Waals surface area contributed by atoms with Crippen molar-refractivity contribution < 1.29 is 9.59 Å². The van der Waals surface area contributed by atoms with Crippen LogP contribution in [0.1, 0.15) is 47.8 Å². The molecule has 2 atom stereocenters. The Labute approximate surface area is 171 Å². The summed E-state index contributed by atoms with van der Waals surface area (Å²) >= 11 is 1.47. The topological polar surface area (TPSA) is 40.6 Å². The predicted octanol–water partition coefficient (Wildman–Crippen LogP) is 4.43. The van der Waals surface area contributed by atoms with E-state index in [0.717, 1.165) is 24.3 Å². The molecule has 5 heteroatoms. The van der Waals surface area contributed by atoms with Crippen LogP contribution < -0.4 is 0 Å².